The average Bonchev–Trinajstić information content (AvgIpc) is 3.38. The summed E-state index contributed by atoms with van der Waals surface area (Å²) in [6, 6.07) is 12.3. The van der Waals surface area contributed by atoms with Crippen molar-refractivity contribution in [3.63, 3.8) is 0 Å². The van der Waals surface area contributed by atoms with Gasteiger partial charge in [0.1, 0.15) is 17.8 Å². The maximum absolute atomic E-state index is 6.29. The molecule has 8 nitrogen and oxygen atoms in total. The van der Waals surface area contributed by atoms with Gasteiger partial charge in [-0.05, 0) is 39.2 Å². The number of anilines is 1. The third kappa shape index (κ3) is 3.13. The molecule has 1 aromatic carbocycles. The Morgan fingerprint density at radius 3 is 2.67 bits per heavy atom. The Balaban J connectivity index is 1.75. The number of hydrogen-bond donors (Lipinski definition) is 1. The first-order valence-corrected chi connectivity index (χ1v) is 10.4. The van der Waals surface area contributed by atoms with E-state index in [9.17, 15) is 0 Å². The van der Waals surface area contributed by atoms with Gasteiger partial charge < -0.3 is 10.5 Å². The lowest BCUT2D eigenvalue weighted by atomic mass is 10.1. The first kappa shape index (κ1) is 18.7. The van der Waals surface area contributed by atoms with Crippen LogP contribution in [0.15, 0.2) is 42.7 Å². The number of nitrogens with zero attached hydrogens (tertiary/aromatic N) is 6. The van der Waals surface area contributed by atoms with Gasteiger partial charge in [0.2, 0.25) is 0 Å². The van der Waals surface area contributed by atoms with Gasteiger partial charge in [-0.2, -0.15) is 10.2 Å². The summed E-state index contributed by atoms with van der Waals surface area (Å²) in [4.78, 5) is 8.69. The molecule has 1 atom stereocenters. The maximum Gasteiger partial charge on any atom is 0.164 e. The van der Waals surface area contributed by atoms with Crippen molar-refractivity contribution in [2.45, 2.75) is 45.4 Å². The van der Waals surface area contributed by atoms with E-state index in [1.807, 2.05) is 27.6 Å². The number of aromatic nitrogens is 6. The van der Waals surface area contributed by atoms with Crippen LogP contribution < -0.4 is 5.73 Å². The molecule has 0 bridgehead atoms. The molecule has 0 spiro atoms. The first-order valence-electron chi connectivity index (χ1n) is 10.4. The number of ether oxygens (including phenoxy) is 1. The zero-order chi connectivity index (χ0) is 20.7. The van der Waals surface area contributed by atoms with Gasteiger partial charge in [0.25, 0.3) is 0 Å². The van der Waals surface area contributed by atoms with E-state index in [-0.39, 0.29) is 12.3 Å². The monoisotopic (exact) mass is 403 g/mol. The van der Waals surface area contributed by atoms with E-state index in [2.05, 4.69) is 42.0 Å². The molecule has 1 aliphatic rings. The van der Waals surface area contributed by atoms with Crippen LogP contribution in [0.2, 0.25) is 0 Å². The third-order valence-corrected chi connectivity index (χ3v) is 5.48. The van der Waals surface area contributed by atoms with Crippen molar-refractivity contribution in [2.75, 3.05) is 12.3 Å². The molecule has 1 aliphatic heterocycles. The molecular weight excluding hydrogens is 378 g/mol. The van der Waals surface area contributed by atoms with Crippen molar-refractivity contribution >= 4 is 16.9 Å². The minimum atomic E-state index is -0.128. The van der Waals surface area contributed by atoms with Crippen molar-refractivity contribution in [1.29, 1.82) is 0 Å². The molecule has 1 saturated heterocycles. The van der Waals surface area contributed by atoms with E-state index >= 15 is 0 Å². The predicted octanol–water partition coefficient (Wildman–Crippen LogP) is 4.22. The van der Waals surface area contributed by atoms with Gasteiger partial charge in [-0.3, -0.25) is 0 Å². The molecule has 3 aromatic heterocycles. The number of hydrogen-bond acceptors (Lipinski definition) is 6. The SMILES string of the molecule is CC(C)n1nc(-c2cc(-c3ccccc3)nn2C2CCCCO2)c2c(N)ncnc21. The van der Waals surface area contributed by atoms with E-state index < -0.39 is 0 Å². The molecule has 4 heterocycles. The summed E-state index contributed by atoms with van der Waals surface area (Å²) >= 11 is 0. The molecule has 30 heavy (non-hydrogen) atoms. The van der Waals surface area contributed by atoms with E-state index in [1.54, 1.807) is 0 Å². The number of nitrogen functional groups attached to an aromatic ring is 1. The standard InChI is InChI=1S/C22H25N7O/c1-14(2)28-22-19(21(23)24-13-25-22)20(27-28)17-12-16(15-8-4-3-5-9-15)26-29(17)18-10-6-7-11-30-18/h3-5,8-9,12-14,18H,6-7,10-11H2,1-2H3,(H2,23,24,25). The Hall–Kier alpha value is -3.26. The van der Waals surface area contributed by atoms with Crippen LogP contribution in [-0.2, 0) is 4.74 Å². The Morgan fingerprint density at radius 1 is 1.10 bits per heavy atom. The summed E-state index contributed by atoms with van der Waals surface area (Å²) in [5.41, 5.74) is 10.5. The maximum atomic E-state index is 6.29. The zero-order valence-electron chi connectivity index (χ0n) is 17.2. The van der Waals surface area contributed by atoms with E-state index in [0.717, 1.165) is 59.5 Å². The van der Waals surface area contributed by atoms with Crippen LogP contribution >= 0.6 is 0 Å². The molecule has 0 radical (unpaired) electrons. The van der Waals surface area contributed by atoms with Crippen molar-refractivity contribution in [1.82, 2.24) is 29.5 Å². The second-order valence-electron chi connectivity index (χ2n) is 7.89. The predicted molar refractivity (Wildman–Crippen MR) is 116 cm³/mol. The Morgan fingerprint density at radius 2 is 1.93 bits per heavy atom. The fourth-order valence-electron chi connectivity index (χ4n) is 3.99. The molecule has 4 aromatic rings. The summed E-state index contributed by atoms with van der Waals surface area (Å²) in [6.45, 7) is 4.88. The smallest absolute Gasteiger partial charge is 0.164 e. The Kier molecular flexibility index (Phi) is 4.71. The van der Waals surface area contributed by atoms with E-state index in [0.29, 0.717) is 5.82 Å². The molecule has 5 rings (SSSR count). The van der Waals surface area contributed by atoms with E-state index in [4.69, 9.17) is 20.7 Å². The highest BCUT2D eigenvalue weighted by molar-refractivity contribution is 5.98. The third-order valence-electron chi connectivity index (χ3n) is 5.48. The van der Waals surface area contributed by atoms with Gasteiger partial charge in [0.05, 0.1) is 16.8 Å². The first-order chi connectivity index (χ1) is 14.6. The molecule has 8 heteroatoms. The van der Waals surface area contributed by atoms with Crippen LogP contribution in [0.3, 0.4) is 0 Å². The van der Waals surface area contributed by atoms with Crippen LogP contribution in [-0.4, -0.2) is 36.1 Å². The van der Waals surface area contributed by atoms with Gasteiger partial charge in [-0.15, -0.1) is 0 Å². The minimum Gasteiger partial charge on any atom is -0.383 e. The van der Waals surface area contributed by atoms with Crippen LogP contribution in [0, 0.1) is 0 Å². The van der Waals surface area contributed by atoms with Crippen LogP contribution in [0.1, 0.15) is 45.4 Å². The van der Waals surface area contributed by atoms with Crippen LogP contribution in [0.5, 0.6) is 0 Å². The molecular formula is C22H25N7O. The van der Waals surface area contributed by atoms with Gasteiger partial charge in [0.15, 0.2) is 11.9 Å². The molecule has 0 amide bonds. The fourth-order valence-corrected chi connectivity index (χ4v) is 3.99. The second-order valence-corrected chi connectivity index (χ2v) is 7.89. The largest absolute Gasteiger partial charge is 0.383 e. The summed E-state index contributed by atoms with van der Waals surface area (Å²) < 4.78 is 9.93. The second kappa shape index (κ2) is 7.53. The molecule has 1 fully saturated rings. The highest BCUT2D eigenvalue weighted by Crippen LogP contribution is 2.36. The van der Waals surface area contributed by atoms with Gasteiger partial charge >= 0.3 is 0 Å². The van der Waals surface area contributed by atoms with Crippen LogP contribution in [0.4, 0.5) is 5.82 Å². The fraction of sp³-hybridized carbons (Fsp3) is 0.364. The minimum absolute atomic E-state index is 0.128. The van der Waals surface area contributed by atoms with Gasteiger partial charge in [-0.25, -0.2) is 19.3 Å². The lowest BCUT2D eigenvalue weighted by Gasteiger charge is -2.24. The van der Waals surface area contributed by atoms with Crippen LogP contribution in [0.25, 0.3) is 33.7 Å². The lowest BCUT2D eigenvalue weighted by molar-refractivity contribution is -0.0382. The lowest BCUT2D eigenvalue weighted by Crippen LogP contribution is -2.20. The summed E-state index contributed by atoms with van der Waals surface area (Å²) in [7, 11) is 0. The van der Waals surface area contributed by atoms with Gasteiger partial charge in [0, 0.05) is 18.2 Å². The average molecular weight is 403 g/mol. The quantitative estimate of drug-likeness (QED) is 0.548. The topological polar surface area (TPSA) is 96.7 Å². The Bertz CT molecular complexity index is 1170. The number of fused-ring (bicyclic) bond motifs is 1. The highest BCUT2D eigenvalue weighted by Gasteiger charge is 2.26. The molecule has 154 valence electrons. The van der Waals surface area contributed by atoms with Crippen molar-refractivity contribution in [3.05, 3.63) is 42.7 Å². The summed E-state index contributed by atoms with van der Waals surface area (Å²) in [6.07, 6.45) is 4.45. The normalized spacial score (nSPS) is 17.1. The molecule has 0 aliphatic carbocycles. The molecule has 0 saturated carbocycles. The van der Waals surface area contributed by atoms with E-state index in [1.165, 1.54) is 6.33 Å². The Labute approximate surface area is 174 Å². The number of rotatable bonds is 4. The highest BCUT2D eigenvalue weighted by atomic mass is 16.5. The van der Waals surface area contributed by atoms with Crippen molar-refractivity contribution < 1.29 is 4.74 Å². The number of nitrogens with two attached hydrogens (primary N) is 1. The summed E-state index contributed by atoms with van der Waals surface area (Å²) in [5, 5.41) is 10.6. The van der Waals surface area contributed by atoms with Crippen molar-refractivity contribution in [3.8, 4) is 22.6 Å². The molecule has 1 unspecified atom stereocenters. The van der Waals surface area contributed by atoms with Crippen molar-refractivity contribution in [2.24, 2.45) is 0 Å². The zero-order valence-corrected chi connectivity index (χ0v) is 17.2. The number of benzene rings is 1. The summed E-state index contributed by atoms with van der Waals surface area (Å²) in [5.74, 6) is 0.417. The molecule has 2 N–H and O–H groups in total. The van der Waals surface area contributed by atoms with Gasteiger partial charge in [-0.1, -0.05) is 30.3 Å².